The molecule has 0 bridgehead atoms. The van der Waals surface area contributed by atoms with Crippen molar-refractivity contribution in [2.24, 2.45) is 0 Å². The molecule has 0 saturated carbocycles. The number of allylic oxidation sites excluding steroid dienone is 2. The van der Waals surface area contributed by atoms with Gasteiger partial charge >= 0.3 is 17.9 Å². The van der Waals surface area contributed by atoms with Crippen molar-refractivity contribution in [1.82, 2.24) is 0 Å². The molecule has 0 aromatic carbocycles. The Labute approximate surface area is 431 Å². The van der Waals surface area contributed by atoms with Crippen LogP contribution in [0.15, 0.2) is 12.2 Å². The fourth-order valence-electron chi connectivity index (χ4n) is 9.56. The third-order valence-electron chi connectivity index (χ3n) is 14.3. The standard InChI is InChI=1S/C63H120O6/c1-4-7-10-13-16-18-20-22-24-26-28-30-31-33-34-36-38-40-42-44-47-50-53-56-62(65)68-59-60(58-67-61(64)55-52-49-46-15-12-9-6-3)69-63(66)57-54-51-48-45-43-41-39-37-35-32-29-27-25-23-21-19-17-14-11-8-5-2/h27,29,60H,4-26,28,30-59H2,1-3H3/b29-27-. The largest absolute Gasteiger partial charge is 0.462 e. The molecule has 0 N–H and O–H groups in total. The average Bonchev–Trinajstić information content (AvgIpc) is 3.35. The second-order valence-electron chi connectivity index (χ2n) is 21.3. The predicted octanol–water partition coefficient (Wildman–Crippen LogP) is 20.9. The number of carbonyl (C=O) groups is 3. The van der Waals surface area contributed by atoms with Crippen LogP contribution < -0.4 is 0 Å². The summed E-state index contributed by atoms with van der Waals surface area (Å²) in [5.74, 6) is -0.849. The Bertz CT molecular complexity index is 1070. The molecule has 0 aliphatic rings. The number of ether oxygens (including phenoxy) is 3. The van der Waals surface area contributed by atoms with Gasteiger partial charge in [-0.05, 0) is 44.9 Å². The molecule has 408 valence electrons. The minimum absolute atomic E-state index is 0.0652. The lowest BCUT2D eigenvalue weighted by molar-refractivity contribution is -0.167. The molecule has 0 fully saturated rings. The predicted molar refractivity (Wildman–Crippen MR) is 298 cm³/mol. The van der Waals surface area contributed by atoms with Gasteiger partial charge in [-0.25, -0.2) is 0 Å². The molecule has 1 atom stereocenters. The van der Waals surface area contributed by atoms with Crippen molar-refractivity contribution in [3.8, 4) is 0 Å². The number of hydrogen-bond acceptors (Lipinski definition) is 6. The van der Waals surface area contributed by atoms with Crippen LogP contribution in [0.1, 0.15) is 355 Å². The molecular formula is C63H120O6. The van der Waals surface area contributed by atoms with Crippen LogP contribution in [0.5, 0.6) is 0 Å². The molecule has 6 heteroatoms. The van der Waals surface area contributed by atoms with E-state index in [2.05, 4.69) is 32.9 Å². The first-order valence-corrected chi connectivity index (χ1v) is 31.2. The minimum atomic E-state index is -0.765. The van der Waals surface area contributed by atoms with Gasteiger partial charge in [-0.2, -0.15) is 0 Å². The number of unbranched alkanes of at least 4 members (excludes halogenated alkanes) is 45. The number of carbonyl (C=O) groups excluding carboxylic acids is 3. The van der Waals surface area contributed by atoms with Crippen LogP contribution in [0.3, 0.4) is 0 Å². The number of hydrogen-bond donors (Lipinski definition) is 0. The average molecular weight is 974 g/mol. The van der Waals surface area contributed by atoms with E-state index in [1.807, 2.05) is 0 Å². The van der Waals surface area contributed by atoms with Crippen molar-refractivity contribution in [3.05, 3.63) is 12.2 Å². The first kappa shape index (κ1) is 67.1. The van der Waals surface area contributed by atoms with Gasteiger partial charge in [-0.3, -0.25) is 14.4 Å². The first-order valence-electron chi connectivity index (χ1n) is 31.2. The molecule has 0 rings (SSSR count). The molecular weight excluding hydrogens is 853 g/mol. The van der Waals surface area contributed by atoms with Gasteiger partial charge in [-0.15, -0.1) is 0 Å². The summed E-state index contributed by atoms with van der Waals surface area (Å²) in [5, 5.41) is 0. The maximum Gasteiger partial charge on any atom is 0.306 e. The summed E-state index contributed by atoms with van der Waals surface area (Å²) in [5.41, 5.74) is 0. The van der Waals surface area contributed by atoms with E-state index < -0.39 is 6.10 Å². The Balaban J connectivity index is 4.09. The maximum absolute atomic E-state index is 12.8. The lowest BCUT2D eigenvalue weighted by atomic mass is 10.0. The second kappa shape index (κ2) is 58.7. The molecule has 0 radical (unpaired) electrons. The molecule has 69 heavy (non-hydrogen) atoms. The van der Waals surface area contributed by atoms with Gasteiger partial charge in [0.2, 0.25) is 0 Å². The Kier molecular flexibility index (Phi) is 57.1. The smallest absolute Gasteiger partial charge is 0.306 e. The second-order valence-corrected chi connectivity index (χ2v) is 21.3. The summed E-state index contributed by atoms with van der Waals surface area (Å²) in [6, 6.07) is 0. The lowest BCUT2D eigenvalue weighted by Crippen LogP contribution is -2.30. The van der Waals surface area contributed by atoms with E-state index in [0.717, 1.165) is 57.8 Å². The van der Waals surface area contributed by atoms with Crippen molar-refractivity contribution < 1.29 is 28.6 Å². The lowest BCUT2D eigenvalue weighted by Gasteiger charge is -2.18. The SMILES string of the molecule is CCCCCCCCCC/C=C\CCCCCCCCCCCC(=O)OC(COC(=O)CCCCCCCCC)COC(=O)CCCCCCCCCCCCCCCCCCCCCCCCC. The summed E-state index contributed by atoms with van der Waals surface area (Å²) >= 11 is 0. The molecule has 0 amide bonds. The third-order valence-corrected chi connectivity index (χ3v) is 14.3. The van der Waals surface area contributed by atoms with Gasteiger partial charge in [-0.1, -0.05) is 303 Å². The van der Waals surface area contributed by atoms with Crippen molar-refractivity contribution in [3.63, 3.8) is 0 Å². The zero-order chi connectivity index (χ0) is 50.0. The van der Waals surface area contributed by atoms with Crippen molar-refractivity contribution in [2.45, 2.75) is 361 Å². The maximum atomic E-state index is 12.8. The van der Waals surface area contributed by atoms with Crippen molar-refractivity contribution in [2.75, 3.05) is 13.2 Å². The Morgan fingerprint density at radius 3 is 0.725 bits per heavy atom. The molecule has 0 aromatic heterocycles. The van der Waals surface area contributed by atoms with E-state index >= 15 is 0 Å². The van der Waals surface area contributed by atoms with Gasteiger partial charge in [0.05, 0.1) is 0 Å². The highest BCUT2D eigenvalue weighted by Gasteiger charge is 2.19. The zero-order valence-electron chi connectivity index (χ0n) is 46.9. The Morgan fingerprint density at radius 2 is 0.478 bits per heavy atom. The summed E-state index contributed by atoms with van der Waals surface area (Å²) in [7, 11) is 0. The van der Waals surface area contributed by atoms with Crippen molar-refractivity contribution in [1.29, 1.82) is 0 Å². The van der Waals surface area contributed by atoms with E-state index in [-0.39, 0.29) is 31.1 Å². The molecule has 0 aliphatic carbocycles. The van der Waals surface area contributed by atoms with Crippen LogP contribution in [-0.2, 0) is 28.6 Å². The van der Waals surface area contributed by atoms with Crippen LogP contribution >= 0.6 is 0 Å². The molecule has 0 aromatic rings. The monoisotopic (exact) mass is 973 g/mol. The van der Waals surface area contributed by atoms with Crippen LogP contribution in [0.25, 0.3) is 0 Å². The Morgan fingerprint density at radius 1 is 0.275 bits per heavy atom. The van der Waals surface area contributed by atoms with E-state index in [1.54, 1.807) is 0 Å². The molecule has 1 unspecified atom stereocenters. The number of rotatable bonds is 58. The van der Waals surface area contributed by atoms with E-state index in [1.165, 1.54) is 257 Å². The normalized spacial score (nSPS) is 12.0. The van der Waals surface area contributed by atoms with Crippen LogP contribution in [0.2, 0.25) is 0 Å². The van der Waals surface area contributed by atoms with Gasteiger partial charge in [0, 0.05) is 19.3 Å². The first-order chi connectivity index (χ1) is 34.0. The summed E-state index contributed by atoms with van der Waals surface area (Å²) in [4.78, 5) is 38.0. The summed E-state index contributed by atoms with van der Waals surface area (Å²) in [6.45, 7) is 6.66. The highest BCUT2D eigenvalue weighted by atomic mass is 16.6. The molecule has 0 heterocycles. The van der Waals surface area contributed by atoms with E-state index in [4.69, 9.17) is 14.2 Å². The van der Waals surface area contributed by atoms with E-state index in [9.17, 15) is 14.4 Å². The van der Waals surface area contributed by atoms with Crippen LogP contribution in [-0.4, -0.2) is 37.2 Å². The van der Waals surface area contributed by atoms with Crippen molar-refractivity contribution >= 4 is 17.9 Å². The van der Waals surface area contributed by atoms with Crippen LogP contribution in [0.4, 0.5) is 0 Å². The molecule has 6 nitrogen and oxygen atoms in total. The molecule has 0 saturated heterocycles. The van der Waals surface area contributed by atoms with Gasteiger partial charge in [0.15, 0.2) is 6.10 Å². The quantitative estimate of drug-likeness (QED) is 0.0261. The summed E-state index contributed by atoms with van der Waals surface area (Å²) < 4.78 is 16.8. The third kappa shape index (κ3) is 56.9. The number of esters is 3. The topological polar surface area (TPSA) is 78.9 Å². The summed E-state index contributed by atoms with van der Waals surface area (Å²) in [6.07, 6.45) is 68.2. The Hall–Kier alpha value is -1.85. The highest BCUT2D eigenvalue weighted by molar-refractivity contribution is 5.71. The molecule has 0 spiro atoms. The van der Waals surface area contributed by atoms with Gasteiger partial charge < -0.3 is 14.2 Å². The minimum Gasteiger partial charge on any atom is -0.462 e. The molecule has 0 aliphatic heterocycles. The van der Waals surface area contributed by atoms with Gasteiger partial charge in [0.1, 0.15) is 13.2 Å². The fourth-order valence-corrected chi connectivity index (χ4v) is 9.56. The highest BCUT2D eigenvalue weighted by Crippen LogP contribution is 2.18. The fraction of sp³-hybridized carbons (Fsp3) is 0.921. The van der Waals surface area contributed by atoms with Crippen LogP contribution in [0, 0.1) is 0 Å². The van der Waals surface area contributed by atoms with E-state index in [0.29, 0.717) is 19.3 Å². The zero-order valence-corrected chi connectivity index (χ0v) is 46.9. The van der Waals surface area contributed by atoms with Gasteiger partial charge in [0.25, 0.3) is 0 Å².